The van der Waals surface area contributed by atoms with E-state index in [-0.39, 0.29) is 0 Å². The van der Waals surface area contributed by atoms with E-state index >= 15 is 0 Å². The van der Waals surface area contributed by atoms with Crippen molar-refractivity contribution in [2.75, 3.05) is 13.1 Å². The van der Waals surface area contributed by atoms with Crippen molar-refractivity contribution in [3.63, 3.8) is 0 Å². The van der Waals surface area contributed by atoms with Gasteiger partial charge in [-0.25, -0.2) is 4.98 Å². The topological polar surface area (TPSA) is 29.9 Å². The summed E-state index contributed by atoms with van der Waals surface area (Å²) in [4.78, 5) is 4.83. The van der Waals surface area contributed by atoms with E-state index in [0.29, 0.717) is 5.92 Å². The van der Waals surface area contributed by atoms with Gasteiger partial charge < -0.3 is 9.88 Å². The zero-order chi connectivity index (χ0) is 11.0. The van der Waals surface area contributed by atoms with Crippen LogP contribution in [0.15, 0.2) is 6.20 Å². The Labute approximate surface area is 97.3 Å². The van der Waals surface area contributed by atoms with Gasteiger partial charge in [-0.3, -0.25) is 0 Å². The van der Waals surface area contributed by atoms with E-state index in [1.165, 1.54) is 56.8 Å². The third kappa shape index (κ3) is 1.88. The highest BCUT2D eigenvalue weighted by Crippen LogP contribution is 2.26. The van der Waals surface area contributed by atoms with E-state index in [1.54, 1.807) is 0 Å². The number of fused-ring (bicyclic) bond motifs is 1. The van der Waals surface area contributed by atoms with Crippen LogP contribution < -0.4 is 5.32 Å². The summed E-state index contributed by atoms with van der Waals surface area (Å²) in [7, 11) is 0. The van der Waals surface area contributed by atoms with Crippen molar-refractivity contribution < 1.29 is 0 Å². The van der Waals surface area contributed by atoms with Crippen LogP contribution in [0, 0.1) is 5.92 Å². The van der Waals surface area contributed by atoms with E-state index in [9.17, 15) is 0 Å². The number of aryl methyl sites for hydroxylation is 1. The lowest BCUT2D eigenvalue weighted by Gasteiger charge is -2.19. The number of hydrogen-bond acceptors (Lipinski definition) is 2. The quantitative estimate of drug-likeness (QED) is 0.823. The Balaban J connectivity index is 1.75. The van der Waals surface area contributed by atoms with Crippen LogP contribution in [0.5, 0.6) is 0 Å². The first-order valence-electron chi connectivity index (χ1n) is 6.59. The Morgan fingerprint density at radius 2 is 2.44 bits per heavy atom. The Bertz CT molecular complexity index is 363. The minimum atomic E-state index is 0.657. The molecule has 0 radical (unpaired) electrons. The molecule has 0 aromatic carbocycles. The number of rotatable bonds is 2. The fourth-order valence-corrected chi connectivity index (χ4v) is 3.04. The summed E-state index contributed by atoms with van der Waals surface area (Å²) < 4.78 is 2.38. The molecule has 3 rings (SSSR count). The van der Waals surface area contributed by atoms with Gasteiger partial charge in [0, 0.05) is 18.7 Å². The second-order valence-electron chi connectivity index (χ2n) is 5.39. The molecule has 1 saturated heterocycles. The van der Waals surface area contributed by atoms with E-state index < -0.39 is 0 Å². The maximum absolute atomic E-state index is 4.83. The Morgan fingerprint density at radius 3 is 3.19 bits per heavy atom. The van der Waals surface area contributed by atoms with Gasteiger partial charge in [0.25, 0.3) is 0 Å². The second kappa shape index (κ2) is 4.21. The van der Waals surface area contributed by atoms with Crippen molar-refractivity contribution in [2.45, 2.75) is 45.1 Å². The molecule has 1 aromatic heterocycles. The number of aromatic nitrogens is 2. The first kappa shape index (κ1) is 10.3. The highest BCUT2D eigenvalue weighted by molar-refractivity contribution is 5.10. The summed E-state index contributed by atoms with van der Waals surface area (Å²) in [6.45, 7) is 5.85. The fraction of sp³-hybridized carbons (Fsp3) is 0.769. The summed E-state index contributed by atoms with van der Waals surface area (Å²) in [6.07, 6.45) is 7.40. The number of hydrogen-bond donors (Lipinski definition) is 1. The van der Waals surface area contributed by atoms with Crippen LogP contribution in [0.1, 0.15) is 43.6 Å². The zero-order valence-electron chi connectivity index (χ0n) is 10.1. The molecule has 16 heavy (non-hydrogen) atoms. The van der Waals surface area contributed by atoms with E-state index in [2.05, 4.69) is 23.0 Å². The minimum absolute atomic E-state index is 0.657. The van der Waals surface area contributed by atoms with Crippen LogP contribution in [-0.2, 0) is 13.0 Å². The van der Waals surface area contributed by atoms with Crippen molar-refractivity contribution in [2.24, 2.45) is 5.92 Å². The van der Waals surface area contributed by atoms with Gasteiger partial charge in [0.05, 0.1) is 5.69 Å². The molecule has 88 valence electrons. The Morgan fingerprint density at radius 1 is 1.50 bits per heavy atom. The van der Waals surface area contributed by atoms with E-state index in [0.717, 1.165) is 5.92 Å². The smallest absolute Gasteiger partial charge is 0.111 e. The molecule has 1 aromatic rings. The molecule has 1 fully saturated rings. The molecule has 0 saturated carbocycles. The maximum atomic E-state index is 4.83. The average Bonchev–Trinajstić information content (AvgIpc) is 2.88. The van der Waals surface area contributed by atoms with Crippen molar-refractivity contribution in [1.82, 2.24) is 14.9 Å². The van der Waals surface area contributed by atoms with Crippen molar-refractivity contribution in [3.05, 3.63) is 17.7 Å². The normalized spacial score (nSPS) is 29.3. The van der Waals surface area contributed by atoms with Crippen LogP contribution in [-0.4, -0.2) is 22.6 Å². The van der Waals surface area contributed by atoms with Gasteiger partial charge in [0.15, 0.2) is 0 Å². The fourth-order valence-electron chi connectivity index (χ4n) is 3.04. The van der Waals surface area contributed by atoms with Crippen molar-refractivity contribution in [1.29, 1.82) is 0 Å². The molecule has 2 atom stereocenters. The van der Waals surface area contributed by atoms with Crippen LogP contribution in [0.3, 0.4) is 0 Å². The molecule has 0 spiro atoms. The summed E-state index contributed by atoms with van der Waals surface area (Å²) in [5, 5.41) is 3.43. The summed E-state index contributed by atoms with van der Waals surface area (Å²) in [6, 6.07) is 0. The lowest BCUT2D eigenvalue weighted by atomic mass is 10.0. The first-order valence-corrected chi connectivity index (χ1v) is 6.59. The third-order valence-electron chi connectivity index (χ3n) is 3.99. The lowest BCUT2D eigenvalue weighted by molar-refractivity contribution is 0.463. The monoisotopic (exact) mass is 219 g/mol. The van der Waals surface area contributed by atoms with Gasteiger partial charge >= 0.3 is 0 Å². The molecular formula is C13H21N3. The van der Waals surface area contributed by atoms with Crippen molar-refractivity contribution >= 4 is 0 Å². The molecular weight excluding hydrogens is 198 g/mol. The molecule has 0 aliphatic carbocycles. The third-order valence-corrected chi connectivity index (χ3v) is 3.99. The standard InChI is InChI=1S/C13H21N3/c1-10-3-2-6-16-9-12(15-13(10)16)7-11-4-5-14-8-11/h9-11,14H,2-8H2,1H3. The highest BCUT2D eigenvalue weighted by atomic mass is 15.1. The molecule has 3 heterocycles. The predicted molar refractivity (Wildman–Crippen MR) is 64.6 cm³/mol. The van der Waals surface area contributed by atoms with Crippen LogP contribution in [0.2, 0.25) is 0 Å². The van der Waals surface area contributed by atoms with Gasteiger partial charge in [-0.2, -0.15) is 0 Å². The molecule has 2 unspecified atom stereocenters. The SMILES string of the molecule is CC1CCCn2cc(CC3CCNC3)nc21. The van der Waals surface area contributed by atoms with Crippen LogP contribution in [0.4, 0.5) is 0 Å². The number of nitrogens with zero attached hydrogens (tertiary/aromatic N) is 2. The van der Waals surface area contributed by atoms with Gasteiger partial charge in [-0.05, 0) is 44.7 Å². The minimum Gasteiger partial charge on any atom is -0.334 e. The Kier molecular flexibility index (Phi) is 2.72. The van der Waals surface area contributed by atoms with Crippen molar-refractivity contribution in [3.8, 4) is 0 Å². The lowest BCUT2D eigenvalue weighted by Crippen LogP contribution is -2.13. The van der Waals surface area contributed by atoms with Gasteiger partial charge in [-0.1, -0.05) is 6.92 Å². The maximum Gasteiger partial charge on any atom is 0.111 e. The highest BCUT2D eigenvalue weighted by Gasteiger charge is 2.21. The zero-order valence-corrected chi connectivity index (χ0v) is 10.1. The second-order valence-corrected chi connectivity index (χ2v) is 5.39. The van der Waals surface area contributed by atoms with E-state index in [4.69, 9.17) is 4.98 Å². The predicted octanol–water partition coefficient (Wildman–Crippen LogP) is 1.93. The summed E-state index contributed by atoms with van der Waals surface area (Å²) in [5.41, 5.74) is 1.32. The molecule has 0 bridgehead atoms. The van der Waals surface area contributed by atoms with Gasteiger partial charge in [0.2, 0.25) is 0 Å². The molecule has 3 heteroatoms. The molecule has 1 N–H and O–H groups in total. The molecule has 0 amide bonds. The van der Waals surface area contributed by atoms with E-state index in [1.807, 2.05) is 0 Å². The molecule has 2 aliphatic rings. The summed E-state index contributed by atoms with van der Waals surface area (Å²) >= 11 is 0. The first-order chi connectivity index (χ1) is 7.83. The molecule has 3 nitrogen and oxygen atoms in total. The molecule has 2 aliphatic heterocycles. The van der Waals surface area contributed by atoms with Crippen LogP contribution >= 0.6 is 0 Å². The Hall–Kier alpha value is -0.830. The largest absolute Gasteiger partial charge is 0.334 e. The van der Waals surface area contributed by atoms with Gasteiger partial charge in [0.1, 0.15) is 5.82 Å². The van der Waals surface area contributed by atoms with Gasteiger partial charge in [-0.15, -0.1) is 0 Å². The average molecular weight is 219 g/mol. The van der Waals surface area contributed by atoms with Crippen LogP contribution in [0.25, 0.3) is 0 Å². The summed E-state index contributed by atoms with van der Waals surface area (Å²) in [5.74, 6) is 2.80. The number of nitrogens with one attached hydrogen (secondary N) is 1. The number of imidazole rings is 1.